The van der Waals surface area contributed by atoms with Gasteiger partial charge in [0.2, 0.25) is 0 Å². The Morgan fingerprint density at radius 3 is 2.33 bits per heavy atom. The number of carboxylic acids is 1. The van der Waals surface area contributed by atoms with Gasteiger partial charge in [0.25, 0.3) is 0 Å². The minimum atomic E-state index is -1.71. The molecule has 0 heterocycles. The molecule has 3 N–H and O–H groups in total. The number of hydrogen-bond donors (Lipinski definition) is 3. The van der Waals surface area contributed by atoms with Crippen molar-refractivity contribution < 1.29 is 34.1 Å². The number of aliphatic carboxylic acids is 1. The number of halogens is 3. The highest BCUT2D eigenvalue weighted by molar-refractivity contribution is 6.46. The van der Waals surface area contributed by atoms with Gasteiger partial charge in [-0.05, 0) is 31.5 Å². The smallest absolute Gasteiger partial charge is 0.394 e. The molecule has 2 aromatic carbocycles. The Balaban J connectivity index is 2.05. The van der Waals surface area contributed by atoms with Crippen molar-refractivity contribution in [3.8, 4) is 17.2 Å². The topological polar surface area (TPSA) is 122 Å². The number of anilines is 1. The Labute approximate surface area is 205 Å². The monoisotopic (exact) mass is 517 g/mol. The van der Waals surface area contributed by atoms with E-state index in [1.165, 1.54) is 19.1 Å². The highest BCUT2D eigenvalue weighted by atomic mass is 35.5. The van der Waals surface area contributed by atoms with Gasteiger partial charge in [0, 0.05) is 12.0 Å². The van der Waals surface area contributed by atoms with Crippen LogP contribution in [0.3, 0.4) is 0 Å². The quantitative estimate of drug-likeness (QED) is 0.219. The Morgan fingerprint density at radius 2 is 1.73 bits per heavy atom. The fourth-order valence-corrected chi connectivity index (χ4v) is 3.90. The minimum Gasteiger partial charge on any atom is -0.507 e. The summed E-state index contributed by atoms with van der Waals surface area (Å²) in [5.41, 5.74) is 0.673. The van der Waals surface area contributed by atoms with Gasteiger partial charge in [-0.25, -0.2) is 4.79 Å². The number of ether oxygens (including phenoxy) is 2. The number of amides is 1. The van der Waals surface area contributed by atoms with Gasteiger partial charge in [-0.1, -0.05) is 48.1 Å². The molecule has 2 aromatic rings. The van der Waals surface area contributed by atoms with Gasteiger partial charge < -0.3 is 25.0 Å². The number of carbonyl (C=O) groups is 3. The SMILES string of the molecule is CCCc1c(OCCCOc2c(Cl)cc(Cl)c(NC(=O)C(=O)O)c2Cl)ccc(C(C)=O)c1O. The van der Waals surface area contributed by atoms with Crippen molar-refractivity contribution in [1.82, 2.24) is 0 Å². The van der Waals surface area contributed by atoms with Crippen LogP contribution in [-0.4, -0.2) is 41.1 Å². The maximum Gasteiger partial charge on any atom is 0.394 e. The summed E-state index contributed by atoms with van der Waals surface area (Å²) in [6.45, 7) is 3.67. The van der Waals surface area contributed by atoms with E-state index >= 15 is 0 Å². The van der Waals surface area contributed by atoms with Crippen LogP contribution >= 0.6 is 34.8 Å². The van der Waals surface area contributed by atoms with E-state index in [2.05, 4.69) is 5.32 Å². The average Bonchev–Trinajstić information content (AvgIpc) is 2.74. The molecular weight excluding hydrogens is 497 g/mol. The van der Waals surface area contributed by atoms with Crippen LogP contribution in [0.25, 0.3) is 0 Å². The molecule has 1 amide bonds. The van der Waals surface area contributed by atoms with E-state index in [1.54, 1.807) is 6.07 Å². The van der Waals surface area contributed by atoms with Gasteiger partial charge in [-0.3, -0.25) is 9.59 Å². The van der Waals surface area contributed by atoms with E-state index in [-0.39, 0.29) is 56.8 Å². The summed E-state index contributed by atoms with van der Waals surface area (Å²) in [5, 5.41) is 21.1. The number of ketones is 1. The number of phenols is 1. The number of nitrogens with one attached hydrogen (secondary N) is 1. The standard InChI is InChI=1S/C22H22Cl3NO7/c1-3-5-13-16(7-6-12(11(2)27)19(13)28)32-8-4-9-33-20-15(24)10-14(23)18(17(20)25)26-21(29)22(30)31/h6-7,10,28H,3-5,8-9H2,1-2H3,(H,26,29)(H,30,31). The number of hydrogen-bond acceptors (Lipinski definition) is 6. The molecule has 0 aliphatic heterocycles. The van der Waals surface area contributed by atoms with Crippen LogP contribution in [0.2, 0.25) is 15.1 Å². The molecule has 0 saturated heterocycles. The van der Waals surface area contributed by atoms with Crippen LogP contribution < -0.4 is 14.8 Å². The molecule has 0 aliphatic rings. The Morgan fingerprint density at radius 1 is 1.06 bits per heavy atom. The zero-order chi connectivity index (χ0) is 24.7. The van der Waals surface area contributed by atoms with E-state index in [1.807, 2.05) is 6.92 Å². The third-order valence-corrected chi connectivity index (χ3v) is 5.41. The number of benzene rings is 2. The summed E-state index contributed by atoms with van der Waals surface area (Å²) in [4.78, 5) is 33.9. The van der Waals surface area contributed by atoms with E-state index < -0.39 is 11.9 Å². The fraction of sp³-hybridized carbons (Fsp3) is 0.318. The molecule has 0 saturated carbocycles. The van der Waals surface area contributed by atoms with Gasteiger partial charge in [0.1, 0.15) is 16.5 Å². The van der Waals surface area contributed by atoms with Crippen LogP contribution in [0.15, 0.2) is 18.2 Å². The molecule has 0 spiro atoms. The van der Waals surface area contributed by atoms with Crippen LogP contribution in [-0.2, 0) is 16.0 Å². The lowest BCUT2D eigenvalue weighted by Crippen LogP contribution is -2.22. The molecule has 0 unspecified atom stereocenters. The van der Waals surface area contributed by atoms with Crippen molar-refractivity contribution in [2.24, 2.45) is 0 Å². The summed E-state index contributed by atoms with van der Waals surface area (Å²) in [7, 11) is 0. The maximum atomic E-state index is 11.7. The van der Waals surface area contributed by atoms with Gasteiger partial charge in [-0.2, -0.15) is 0 Å². The number of aromatic hydroxyl groups is 1. The van der Waals surface area contributed by atoms with Crippen molar-refractivity contribution in [2.45, 2.75) is 33.1 Å². The number of carboxylic acid groups (broad SMARTS) is 1. The fourth-order valence-electron chi connectivity index (χ4n) is 2.93. The van der Waals surface area contributed by atoms with Crippen LogP contribution in [0.4, 0.5) is 5.69 Å². The van der Waals surface area contributed by atoms with Crippen LogP contribution in [0.5, 0.6) is 17.2 Å². The number of phenolic OH excluding ortho intramolecular Hbond substituents is 1. The van der Waals surface area contributed by atoms with Crippen molar-refractivity contribution in [2.75, 3.05) is 18.5 Å². The third kappa shape index (κ3) is 6.66. The maximum absolute atomic E-state index is 11.7. The molecule has 33 heavy (non-hydrogen) atoms. The van der Waals surface area contributed by atoms with Gasteiger partial charge in [0.15, 0.2) is 11.5 Å². The molecule has 0 aromatic heterocycles. The van der Waals surface area contributed by atoms with Gasteiger partial charge in [-0.15, -0.1) is 0 Å². The highest BCUT2D eigenvalue weighted by Crippen LogP contribution is 2.43. The summed E-state index contributed by atoms with van der Waals surface area (Å²) in [6, 6.07) is 4.43. The van der Waals surface area contributed by atoms with Crippen molar-refractivity contribution in [3.63, 3.8) is 0 Å². The summed E-state index contributed by atoms with van der Waals surface area (Å²) in [6.07, 6.45) is 1.69. The molecule has 0 atom stereocenters. The van der Waals surface area contributed by atoms with E-state index in [0.717, 1.165) is 6.42 Å². The normalized spacial score (nSPS) is 10.6. The van der Waals surface area contributed by atoms with E-state index in [9.17, 15) is 19.5 Å². The molecular formula is C22H22Cl3NO7. The Kier molecular flexibility index (Phi) is 9.64. The lowest BCUT2D eigenvalue weighted by atomic mass is 10.0. The number of Topliss-reactive ketones (excluding diaryl/α,β-unsaturated/α-hetero) is 1. The van der Waals surface area contributed by atoms with Crippen molar-refractivity contribution in [3.05, 3.63) is 44.4 Å². The Hall–Kier alpha value is -2.68. The van der Waals surface area contributed by atoms with Crippen molar-refractivity contribution >= 4 is 58.1 Å². The predicted molar refractivity (Wildman–Crippen MR) is 125 cm³/mol. The zero-order valence-corrected chi connectivity index (χ0v) is 20.1. The molecule has 0 bridgehead atoms. The molecule has 8 nitrogen and oxygen atoms in total. The minimum absolute atomic E-state index is 0.0264. The summed E-state index contributed by atoms with van der Waals surface area (Å²) >= 11 is 18.3. The molecule has 178 valence electrons. The van der Waals surface area contributed by atoms with Crippen LogP contribution in [0, 0.1) is 0 Å². The number of rotatable bonds is 10. The second-order valence-electron chi connectivity index (χ2n) is 6.91. The zero-order valence-electron chi connectivity index (χ0n) is 17.8. The first-order valence-electron chi connectivity index (χ1n) is 9.91. The second kappa shape index (κ2) is 12.0. The first-order chi connectivity index (χ1) is 15.6. The lowest BCUT2D eigenvalue weighted by Gasteiger charge is -2.16. The van der Waals surface area contributed by atoms with Crippen LogP contribution in [0.1, 0.15) is 42.6 Å². The summed E-state index contributed by atoms with van der Waals surface area (Å²) < 4.78 is 11.4. The number of carbonyl (C=O) groups excluding carboxylic acids is 2. The first kappa shape index (κ1) is 26.6. The van der Waals surface area contributed by atoms with Gasteiger partial charge in [0.05, 0.1) is 34.5 Å². The van der Waals surface area contributed by atoms with Gasteiger partial charge >= 0.3 is 11.9 Å². The third-order valence-electron chi connectivity index (χ3n) is 4.47. The molecule has 11 heteroatoms. The molecule has 0 radical (unpaired) electrons. The first-order valence-corrected chi connectivity index (χ1v) is 11.0. The highest BCUT2D eigenvalue weighted by Gasteiger charge is 2.21. The van der Waals surface area contributed by atoms with Crippen molar-refractivity contribution in [1.29, 1.82) is 0 Å². The Bertz CT molecular complexity index is 1070. The molecule has 0 aliphatic carbocycles. The molecule has 0 fully saturated rings. The second-order valence-corrected chi connectivity index (χ2v) is 8.11. The molecule has 2 rings (SSSR count). The lowest BCUT2D eigenvalue weighted by molar-refractivity contribution is -0.147. The van der Waals surface area contributed by atoms with E-state index in [4.69, 9.17) is 49.4 Å². The summed E-state index contributed by atoms with van der Waals surface area (Å²) in [5.74, 6) is -2.84. The average molecular weight is 519 g/mol. The largest absolute Gasteiger partial charge is 0.507 e. The predicted octanol–water partition coefficient (Wildman–Crippen LogP) is 5.38. The van der Waals surface area contributed by atoms with E-state index in [0.29, 0.717) is 24.2 Å².